The number of rotatable bonds is 5. The molecule has 0 aromatic carbocycles. The predicted octanol–water partition coefficient (Wildman–Crippen LogP) is -0.813. The lowest BCUT2D eigenvalue weighted by Gasteiger charge is -2.23. The molecular formula is C10H16N2O4. The van der Waals surface area contributed by atoms with Crippen LogP contribution in [0.5, 0.6) is 0 Å². The third-order valence-corrected chi connectivity index (χ3v) is 2.48. The van der Waals surface area contributed by atoms with Crippen LogP contribution in [0.4, 0.5) is 0 Å². The van der Waals surface area contributed by atoms with E-state index in [4.69, 9.17) is 15.6 Å². The first-order chi connectivity index (χ1) is 7.58. The molecule has 1 heterocycles. The van der Waals surface area contributed by atoms with Crippen molar-refractivity contribution in [3.8, 4) is 0 Å². The van der Waals surface area contributed by atoms with Crippen molar-refractivity contribution in [1.82, 2.24) is 4.90 Å². The van der Waals surface area contributed by atoms with E-state index >= 15 is 0 Å². The summed E-state index contributed by atoms with van der Waals surface area (Å²) in [4.78, 5) is 22.6. The Balaban J connectivity index is 2.66. The van der Waals surface area contributed by atoms with E-state index in [9.17, 15) is 9.59 Å². The van der Waals surface area contributed by atoms with Crippen LogP contribution in [0.15, 0.2) is 12.3 Å². The van der Waals surface area contributed by atoms with E-state index in [1.807, 2.05) is 6.92 Å². The molecule has 6 nitrogen and oxygen atoms in total. The summed E-state index contributed by atoms with van der Waals surface area (Å²) in [7, 11) is 0. The fraction of sp³-hybridized carbons (Fsp3) is 0.600. The molecular weight excluding hydrogens is 212 g/mol. The summed E-state index contributed by atoms with van der Waals surface area (Å²) in [5.41, 5.74) is 4.93. The lowest BCUT2D eigenvalue weighted by Crippen LogP contribution is -2.34. The molecule has 0 radical (unpaired) electrons. The third kappa shape index (κ3) is 3.04. The van der Waals surface area contributed by atoms with Gasteiger partial charge in [0.2, 0.25) is 12.3 Å². The Hall–Kier alpha value is -1.40. The van der Waals surface area contributed by atoms with E-state index in [0.717, 1.165) is 6.08 Å². The number of nitrogens with two attached hydrogens (primary N) is 1. The van der Waals surface area contributed by atoms with Gasteiger partial charge in [0, 0.05) is 18.2 Å². The highest BCUT2D eigenvalue weighted by atomic mass is 16.5. The normalized spacial score (nSPS) is 29.5. The van der Waals surface area contributed by atoms with Gasteiger partial charge in [-0.15, -0.1) is 0 Å². The van der Waals surface area contributed by atoms with Crippen molar-refractivity contribution in [2.24, 2.45) is 11.7 Å². The van der Waals surface area contributed by atoms with E-state index in [2.05, 4.69) is 0 Å². The maximum Gasteiger partial charge on any atom is 0.242 e. The molecule has 1 saturated heterocycles. The Labute approximate surface area is 93.7 Å². The van der Waals surface area contributed by atoms with Crippen LogP contribution in [0.3, 0.4) is 0 Å². The number of hydrogen-bond donors (Lipinski definition) is 2. The van der Waals surface area contributed by atoms with Gasteiger partial charge in [0.1, 0.15) is 6.23 Å². The van der Waals surface area contributed by atoms with E-state index in [1.54, 1.807) is 0 Å². The van der Waals surface area contributed by atoms with Crippen molar-refractivity contribution in [2.75, 3.05) is 6.61 Å². The average molecular weight is 228 g/mol. The standard InChI is InChI=1S/C10H16N2O4/c1-7-4-8(5-13)16-10(7)12(6-14)3-2-9(11)15/h2-3,6-8,10,13H,4-5H2,1H3,(H2,11,15)/b3-2-. The highest BCUT2D eigenvalue weighted by molar-refractivity contribution is 5.85. The highest BCUT2D eigenvalue weighted by Gasteiger charge is 2.34. The zero-order chi connectivity index (χ0) is 12.1. The molecule has 0 aromatic rings. The largest absolute Gasteiger partial charge is 0.394 e. The van der Waals surface area contributed by atoms with Crippen LogP contribution in [0.1, 0.15) is 13.3 Å². The maximum atomic E-state index is 10.8. The maximum absolute atomic E-state index is 10.8. The van der Waals surface area contributed by atoms with Crippen molar-refractivity contribution >= 4 is 12.3 Å². The Morgan fingerprint density at radius 2 is 2.38 bits per heavy atom. The van der Waals surface area contributed by atoms with Gasteiger partial charge in [-0.25, -0.2) is 0 Å². The number of hydrogen-bond acceptors (Lipinski definition) is 4. The van der Waals surface area contributed by atoms with Crippen molar-refractivity contribution in [1.29, 1.82) is 0 Å². The zero-order valence-electron chi connectivity index (χ0n) is 9.07. The molecule has 90 valence electrons. The number of carbonyl (C=O) groups excluding carboxylic acids is 2. The summed E-state index contributed by atoms with van der Waals surface area (Å²) in [5, 5.41) is 8.95. The first-order valence-corrected chi connectivity index (χ1v) is 5.05. The number of carbonyl (C=O) groups is 2. The van der Waals surface area contributed by atoms with Gasteiger partial charge in [-0.1, -0.05) is 6.92 Å². The predicted molar refractivity (Wildman–Crippen MR) is 55.8 cm³/mol. The topological polar surface area (TPSA) is 92.9 Å². The number of ether oxygens (including phenoxy) is 1. The monoisotopic (exact) mass is 228 g/mol. The molecule has 0 aromatic heterocycles. The Bertz CT molecular complexity index is 293. The first-order valence-electron chi connectivity index (χ1n) is 5.05. The molecule has 1 aliphatic heterocycles. The minimum Gasteiger partial charge on any atom is -0.394 e. The molecule has 0 aliphatic carbocycles. The van der Waals surface area contributed by atoms with E-state index < -0.39 is 12.1 Å². The number of aliphatic hydroxyl groups excluding tert-OH is 1. The number of aliphatic hydroxyl groups is 1. The van der Waals surface area contributed by atoms with Crippen molar-refractivity contribution in [3.05, 3.63) is 12.3 Å². The summed E-state index contributed by atoms with van der Waals surface area (Å²) >= 11 is 0. The molecule has 3 atom stereocenters. The Morgan fingerprint density at radius 1 is 1.69 bits per heavy atom. The van der Waals surface area contributed by atoms with Gasteiger partial charge >= 0.3 is 0 Å². The lowest BCUT2D eigenvalue weighted by atomic mass is 10.1. The van der Waals surface area contributed by atoms with Gasteiger partial charge in [-0.05, 0) is 6.42 Å². The quantitative estimate of drug-likeness (QED) is 0.475. The molecule has 1 rings (SSSR count). The molecule has 1 fully saturated rings. The van der Waals surface area contributed by atoms with E-state index in [-0.39, 0.29) is 18.6 Å². The zero-order valence-corrected chi connectivity index (χ0v) is 9.07. The summed E-state index contributed by atoms with van der Waals surface area (Å²) in [6, 6.07) is 0. The van der Waals surface area contributed by atoms with Gasteiger partial charge in [0.05, 0.1) is 12.7 Å². The number of nitrogens with zero attached hydrogens (tertiary/aromatic N) is 1. The van der Waals surface area contributed by atoms with Gasteiger partial charge < -0.3 is 15.6 Å². The van der Waals surface area contributed by atoms with Crippen LogP contribution in [0.2, 0.25) is 0 Å². The third-order valence-electron chi connectivity index (χ3n) is 2.48. The smallest absolute Gasteiger partial charge is 0.242 e. The highest BCUT2D eigenvalue weighted by Crippen LogP contribution is 2.27. The molecule has 0 saturated carbocycles. The molecule has 0 bridgehead atoms. The summed E-state index contributed by atoms with van der Waals surface area (Å²) in [5.74, 6) is -0.531. The van der Waals surface area contributed by atoms with E-state index in [1.165, 1.54) is 11.1 Å². The lowest BCUT2D eigenvalue weighted by molar-refractivity contribution is -0.129. The van der Waals surface area contributed by atoms with Crippen LogP contribution >= 0.6 is 0 Å². The Morgan fingerprint density at radius 3 is 2.81 bits per heavy atom. The van der Waals surface area contributed by atoms with E-state index in [0.29, 0.717) is 12.8 Å². The van der Waals surface area contributed by atoms with Crippen molar-refractivity contribution in [3.63, 3.8) is 0 Å². The van der Waals surface area contributed by atoms with Crippen LogP contribution < -0.4 is 5.73 Å². The molecule has 2 amide bonds. The number of amides is 2. The number of primary amides is 1. The molecule has 16 heavy (non-hydrogen) atoms. The van der Waals surface area contributed by atoms with Crippen LogP contribution in [0.25, 0.3) is 0 Å². The van der Waals surface area contributed by atoms with Gasteiger partial charge in [0.25, 0.3) is 0 Å². The van der Waals surface area contributed by atoms with Crippen LogP contribution in [-0.2, 0) is 14.3 Å². The van der Waals surface area contributed by atoms with Crippen molar-refractivity contribution < 1.29 is 19.4 Å². The second-order valence-electron chi connectivity index (χ2n) is 3.81. The minimum atomic E-state index is -0.629. The summed E-state index contributed by atoms with van der Waals surface area (Å²) < 4.78 is 5.45. The summed E-state index contributed by atoms with van der Waals surface area (Å²) in [6.45, 7) is 1.84. The molecule has 3 unspecified atom stereocenters. The summed E-state index contributed by atoms with van der Waals surface area (Å²) in [6.07, 6.45) is 2.91. The van der Waals surface area contributed by atoms with Crippen LogP contribution in [0, 0.1) is 5.92 Å². The van der Waals surface area contributed by atoms with Crippen molar-refractivity contribution in [2.45, 2.75) is 25.7 Å². The van der Waals surface area contributed by atoms with Gasteiger partial charge in [-0.2, -0.15) is 0 Å². The fourth-order valence-corrected chi connectivity index (χ4v) is 1.74. The van der Waals surface area contributed by atoms with Gasteiger partial charge in [0.15, 0.2) is 0 Å². The molecule has 6 heteroatoms. The molecule has 3 N–H and O–H groups in total. The van der Waals surface area contributed by atoms with Gasteiger partial charge in [-0.3, -0.25) is 14.5 Å². The second-order valence-corrected chi connectivity index (χ2v) is 3.81. The molecule has 1 aliphatic rings. The molecule has 0 spiro atoms. The average Bonchev–Trinajstić information content (AvgIpc) is 2.61. The first kappa shape index (κ1) is 12.7. The fourth-order valence-electron chi connectivity index (χ4n) is 1.74. The van der Waals surface area contributed by atoms with Crippen LogP contribution in [-0.4, -0.2) is 41.3 Å². The Kier molecular flexibility index (Phi) is 4.45. The minimum absolute atomic E-state index is 0.0763. The second kappa shape index (κ2) is 5.62. The SMILES string of the molecule is CC1CC(CO)OC1N(C=O)/C=C\C(N)=O.